The third-order valence-electron chi connectivity index (χ3n) is 3.25. The lowest BCUT2D eigenvalue weighted by Gasteiger charge is -2.26. The molecular formula is C13H19N3O2. The third kappa shape index (κ3) is 2.92. The van der Waals surface area contributed by atoms with Gasteiger partial charge in [-0.1, -0.05) is 12.1 Å². The molecule has 0 aliphatic carbocycles. The number of rotatable bonds is 4. The van der Waals surface area contributed by atoms with Crippen molar-refractivity contribution in [2.24, 2.45) is 5.73 Å². The van der Waals surface area contributed by atoms with Crippen LogP contribution in [0, 0.1) is 0 Å². The molecule has 0 radical (unpaired) electrons. The number of hydrogen-bond donors (Lipinski definition) is 2. The molecule has 0 spiro atoms. The van der Waals surface area contributed by atoms with Crippen molar-refractivity contribution >= 4 is 6.03 Å². The van der Waals surface area contributed by atoms with E-state index >= 15 is 0 Å². The maximum absolute atomic E-state index is 11.5. The van der Waals surface area contributed by atoms with Crippen LogP contribution in [0.25, 0.3) is 0 Å². The number of primary amides is 1. The monoisotopic (exact) mass is 249 g/mol. The lowest BCUT2D eigenvalue weighted by Crippen LogP contribution is -2.44. The van der Waals surface area contributed by atoms with Gasteiger partial charge < -0.3 is 20.7 Å². The van der Waals surface area contributed by atoms with E-state index < -0.39 is 0 Å². The van der Waals surface area contributed by atoms with E-state index in [0.29, 0.717) is 6.54 Å². The Morgan fingerprint density at radius 1 is 1.61 bits per heavy atom. The fraction of sp³-hybridized carbons (Fsp3) is 0.462. The molecule has 5 heteroatoms. The van der Waals surface area contributed by atoms with E-state index in [9.17, 15) is 4.79 Å². The van der Waals surface area contributed by atoms with Gasteiger partial charge in [0, 0.05) is 19.1 Å². The minimum atomic E-state index is -0.369. The maximum atomic E-state index is 11.5. The van der Waals surface area contributed by atoms with Crippen LogP contribution in [-0.4, -0.2) is 37.2 Å². The van der Waals surface area contributed by atoms with Crippen molar-refractivity contribution in [3.05, 3.63) is 29.8 Å². The molecule has 1 aromatic carbocycles. The molecule has 5 nitrogen and oxygen atoms in total. The highest BCUT2D eigenvalue weighted by molar-refractivity contribution is 5.72. The quantitative estimate of drug-likeness (QED) is 0.834. The van der Waals surface area contributed by atoms with Crippen molar-refractivity contribution in [1.29, 1.82) is 0 Å². The maximum Gasteiger partial charge on any atom is 0.315 e. The number of nitrogens with zero attached hydrogens (tertiary/aromatic N) is 1. The number of nitrogens with one attached hydrogen (secondary N) is 1. The number of nitrogens with two attached hydrogens (primary N) is 1. The average molecular weight is 249 g/mol. The first-order chi connectivity index (χ1) is 8.70. The van der Waals surface area contributed by atoms with Crippen LogP contribution < -0.4 is 15.8 Å². The van der Waals surface area contributed by atoms with Crippen molar-refractivity contribution in [3.63, 3.8) is 0 Å². The second kappa shape index (κ2) is 5.73. The molecule has 2 rings (SSSR count). The van der Waals surface area contributed by atoms with E-state index in [0.717, 1.165) is 30.8 Å². The first kappa shape index (κ1) is 12.7. The van der Waals surface area contributed by atoms with Gasteiger partial charge in [-0.05, 0) is 30.7 Å². The number of hydrogen-bond acceptors (Lipinski definition) is 3. The van der Waals surface area contributed by atoms with Crippen LogP contribution in [0.5, 0.6) is 5.75 Å². The summed E-state index contributed by atoms with van der Waals surface area (Å²) < 4.78 is 5.18. The van der Waals surface area contributed by atoms with Gasteiger partial charge in [0.15, 0.2) is 0 Å². The van der Waals surface area contributed by atoms with Gasteiger partial charge in [-0.25, -0.2) is 4.79 Å². The molecule has 1 saturated heterocycles. The second-order valence-corrected chi connectivity index (χ2v) is 4.46. The number of ether oxygens (including phenoxy) is 1. The predicted octanol–water partition coefficient (Wildman–Crippen LogP) is 0.938. The fourth-order valence-electron chi connectivity index (χ4n) is 2.26. The Bertz CT molecular complexity index is 416. The van der Waals surface area contributed by atoms with Crippen LogP contribution in [0.4, 0.5) is 4.79 Å². The zero-order valence-electron chi connectivity index (χ0n) is 10.6. The molecule has 0 saturated carbocycles. The Balaban J connectivity index is 2.10. The zero-order chi connectivity index (χ0) is 13.0. The Kier molecular flexibility index (Phi) is 4.04. The topological polar surface area (TPSA) is 67.6 Å². The van der Waals surface area contributed by atoms with Gasteiger partial charge >= 0.3 is 6.03 Å². The molecule has 1 aliphatic heterocycles. The third-order valence-corrected chi connectivity index (χ3v) is 3.25. The van der Waals surface area contributed by atoms with Gasteiger partial charge in [0.05, 0.1) is 7.11 Å². The zero-order valence-corrected chi connectivity index (χ0v) is 10.6. The van der Waals surface area contributed by atoms with Crippen molar-refractivity contribution in [1.82, 2.24) is 10.2 Å². The lowest BCUT2D eigenvalue weighted by atomic mass is 10.1. The number of methoxy groups -OCH3 is 1. The number of benzene rings is 1. The average Bonchev–Trinajstić information content (AvgIpc) is 2.89. The number of urea groups is 1. The minimum Gasteiger partial charge on any atom is -0.497 e. The smallest absolute Gasteiger partial charge is 0.315 e. The molecule has 1 aliphatic rings. The van der Waals surface area contributed by atoms with E-state index in [1.165, 1.54) is 0 Å². The SMILES string of the molecule is COc1cccc(CN(C(N)=O)C2CCNC2)c1. The molecular weight excluding hydrogens is 230 g/mol. The Labute approximate surface area is 107 Å². The molecule has 1 unspecified atom stereocenters. The van der Waals surface area contributed by atoms with Crippen LogP contribution in [0.2, 0.25) is 0 Å². The molecule has 2 amide bonds. The first-order valence-corrected chi connectivity index (χ1v) is 6.10. The van der Waals surface area contributed by atoms with Crippen molar-refractivity contribution in [2.45, 2.75) is 19.0 Å². The predicted molar refractivity (Wildman–Crippen MR) is 69.4 cm³/mol. The highest BCUT2D eigenvalue weighted by Crippen LogP contribution is 2.17. The molecule has 0 bridgehead atoms. The van der Waals surface area contributed by atoms with Gasteiger partial charge in [-0.15, -0.1) is 0 Å². The summed E-state index contributed by atoms with van der Waals surface area (Å²) in [5.74, 6) is 0.793. The Morgan fingerprint density at radius 2 is 2.44 bits per heavy atom. The first-order valence-electron chi connectivity index (χ1n) is 6.10. The number of amides is 2. The van der Waals surface area contributed by atoms with Gasteiger partial charge in [-0.3, -0.25) is 0 Å². The standard InChI is InChI=1S/C13H19N3O2/c1-18-12-4-2-3-10(7-12)9-16(13(14)17)11-5-6-15-8-11/h2-4,7,11,15H,5-6,8-9H2,1H3,(H2,14,17). The molecule has 18 heavy (non-hydrogen) atoms. The summed E-state index contributed by atoms with van der Waals surface area (Å²) in [7, 11) is 1.63. The van der Waals surface area contributed by atoms with Crippen molar-refractivity contribution < 1.29 is 9.53 Å². The van der Waals surface area contributed by atoms with Crippen LogP contribution >= 0.6 is 0 Å². The summed E-state index contributed by atoms with van der Waals surface area (Å²) in [5, 5.41) is 3.24. The molecule has 3 N–H and O–H groups in total. The lowest BCUT2D eigenvalue weighted by molar-refractivity contribution is 0.184. The Morgan fingerprint density at radius 3 is 3.06 bits per heavy atom. The molecule has 98 valence electrons. The largest absolute Gasteiger partial charge is 0.497 e. The molecule has 1 atom stereocenters. The van der Waals surface area contributed by atoms with Crippen LogP contribution in [0.1, 0.15) is 12.0 Å². The van der Waals surface area contributed by atoms with E-state index in [4.69, 9.17) is 10.5 Å². The van der Waals surface area contributed by atoms with Gasteiger partial charge in [-0.2, -0.15) is 0 Å². The van der Waals surface area contributed by atoms with E-state index in [1.54, 1.807) is 12.0 Å². The van der Waals surface area contributed by atoms with Crippen LogP contribution in [0.15, 0.2) is 24.3 Å². The number of carbonyl (C=O) groups is 1. The highest BCUT2D eigenvalue weighted by atomic mass is 16.5. The van der Waals surface area contributed by atoms with Crippen LogP contribution in [0.3, 0.4) is 0 Å². The summed E-state index contributed by atoms with van der Waals surface area (Å²) in [4.78, 5) is 13.3. The van der Waals surface area contributed by atoms with Gasteiger partial charge in [0.25, 0.3) is 0 Å². The minimum absolute atomic E-state index is 0.189. The summed E-state index contributed by atoms with van der Waals surface area (Å²) in [6.45, 7) is 2.28. The van der Waals surface area contributed by atoms with E-state index in [1.807, 2.05) is 24.3 Å². The van der Waals surface area contributed by atoms with Gasteiger partial charge in [0.1, 0.15) is 5.75 Å². The van der Waals surface area contributed by atoms with E-state index in [2.05, 4.69) is 5.32 Å². The van der Waals surface area contributed by atoms with E-state index in [-0.39, 0.29) is 12.1 Å². The Hall–Kier alpha value is -1.75. The molecule has 1 heterocycles. The van der Waals surface area contributed by atoms with Gasteiger partial charge in [0.2, 0.25) is 0 Å². The second-order valence-electron chi connectivity index (χ2n) is 4.46. The summed E-state index contributed by atoms with van der Waals surface area (Å²) in [6, 6.07) is 7.52. The molecule has 1 aromatic rings. The normalized spacial score (nSPS) is 18.6. The summed E-state index contributed by atoms with van der Waals surface area (Å²) in [6.07, 6.45) is 0.951. The van der Waals surface area contributed by atoms with Crippen molar-refractivity contribution in [2.75, 3.05) is 20.2 Å². The summed E-state index contributed by atoms with van der Waals surface area (Å²) in [5.41, 5.74) is 6.49. The molecule has 1 fully saturated rings. The fourth-order valence-corrected chi connectivity index (χ4v) is 2.26. The summed E-state index contributed by atoms with van der Waals surface area (Å²) >= 11 is 0. The number of carbonyl (C=O) groups excluding carboxylic acids is 1. The molecule has 0 aromatic heterocycles. The van der Waals surface area contributed by atoms with Crippen LogP contribution in [-0.2, 0) is 6.54 Å². The van der Waals surface area contributed by atoms with Crippen molar-refractivity contribution in [3.8, 4) is 5.75 Å². The highest BCUT2D eigenvalue weighted by Gasteiger charge is 2.24.